The number of nitrogens with zero attached hydrogens (tertiary/aromatic N) is 2. The second-order valence-corrected chi connectivity index (χ2v) is 5.71. The van der Waals surface area contributed by atoms with E-state index in [0.29, 0.717) is 0 Å². The van der Waals surface area contributed by atoms with E-state index >= 15 is 0 Å². The van der Waals surface area contributed by atoms with Crippen molar-refractivity contribution in [2.45, 2.75) is 15.8 Å². The van der Waals surface area contributed by atoms with E-state index < -0.39 is 0 Å². The Labute approximate surface area is 115 Å². The SMILES string of the molecule is COCCNCc1ccccc1Sc1nncs1. The lowest BCUT2D eigenvalue weighted by Gasteiger charge is -2.08. The molecule has 96 valence electrons. The molecule has 1 aromatic carbocycles. The summed E-state index contributed by atoms with van der Waals surface area (Å²) < 4.78 is 5.98. The molecule has 4 nitrogen and oxygen atoms in total. The molecule has 0 fully saturated rings. The van der Waals surface area contributed by atoms with Crippen LogP contribution in [0.15, 0.2) is 39.0 Å². The summed E-state index contributed by atoms with van der Waals surface area (Å²) in [6.07, 6.45) is 0. The van der Waals surface area contributed by atoms with Crippen LogP contribution in [0.3, 0.4) is 0 Å². The van der Waals surface area contributed by atoms with Crippen molar-refractivity contribution < 1.29 is 4.74 Å². The fourth-order valence-corrected chi connectivity index (χ4v) is 3.01. The summed E-state index contributed by atoms with van der Waals surface area (Å²) in [4.78, 5) is 1.22. The highest BCUT2D eigenvalue weighted by Gasteiger charge is 2.05. The molecule has 0 aliphatic carbocycles. The molecule has 6 heteroatoms. The Balaban J connectivity index is 1.97. The molecular weight excluding hydrogens is 266 g/mol. The van der Waals surface area contributed by atoms with Crippen molar-refractivity contribution >= 4 is 23.1 Å². The molecule has 0 aliphatic heterocycles. The van der Waals surface area contributed by atoms with Gasteiger partial charge in [-0.1, -0.05) is 41.3 Å². The smallest absolute Gasteiger partial charge is 0.178 e. The van der Waals surface area contributed by atoms with Crippen molar-refractivity contribution in [3.8, 4) is 0 Å². The molecule has 0 amide bonds. The molecule has 0 saturated carbocycles. The van der Waals surface area contributed by atoms with Crippen molar-refractivity contribution in [2.24, 2.45) is 0 Å². The number of hydrogen-bond acceptors (Lipinski definition) is 6. The van der Waals surface area contributed by atoms with Gasteiger partial charge in [0.15, 0.2) is 4.34 Å². The summed E-state index contributed by atoms with van der Waals surface area (Å²) >= 11 is 3.22. The van der Waals surface area contributed by atoms with Crippen molar-refractivity contribution in [2.75, 3.05) is 20.3 Å². The third kappa shape index (κ3) is 4.06. The molecular formula is C12H15N3OS2. The topological polar surface area (TPSA) is 47.0 Å². The lowest BCUT2D eigenvalue weighted by atomic mass is 10.2. The molecule has 0 spiro atoms. The number of aromatic nitrogens is 2. The van der Waals surface area contributed by atoms with Crippen LogP contribution in [-0.2, 0) is 11.3 Å². The Bertz CT molecular complexity index is 462. The van der Waals surface area contributed by atoms with Gasteiger partial charge >= 0.3 is 0 Å². The number of ether oxygens (including phenoxy) is 1. The third-order valence-corrected chi connectivity index (χ3v) is 4.20. The number of nitrogens with one attached hydrogen (secondary N) is 1. The highest BCUT2D eigenvalue weighted by atomic mass is 32.2. The van der Waals surface area contributed by atoms with Gasteiger partial charge in [-0.05, 0) is 11.6 Å². The standard InChI is InChI=1S/C12H15N3OS2/c1-16-7-6-13-8-10-4-2-3-5-11(10)18-12-15-14-9-17-12/h2-5,9,13H,6-8H2,1H3. The number of rotatable bonds is 7. The van der Waals surface area contributed by atoms with E-state index in [2.05, 4.69) is 33.7 Å². The van der Waals surface area contributed by atoms with Crippen molar-refractivity contribution in [1.29, 1.82) is 0 Å². The van der Waals surface area contributed by atoms with Crippen molar-refractivity contribution in [1.82, 2.24) is 15.5 Å². The molecule has 0 unspecified atom stereocenters. The quantitative estimate of drug-likeness (QED) is 0.790. The monoisotopic (exact) mass is 281 g/mol. The predicted octanol–water partition coefficient (Wildman–Crippen LogP) is 2.43. The average molecular weight is 281 g/mol. The normalized spacial score (nSPS) is 10.7. The second-order valence-electron chi connectivity index (χ2n) is 3.58. The third-order valence-electron chi connectivity index (χ3n) is 2.31. The fourth-order valence-electron chi connectivity index (χ4n) is 1.45. The molecule has 1 aromatic heterocycles. The lowest BCUT2D eigenvalue weighted by molar-refractivity contribution is 0.199. The molecule has 2 rings (SSSR count). The Hall–Kier alpha value is -0.950. The van der Waals surface area contributed by atoms with Gasteiger partial charge in [-0.15, -0.1) is 10.2 Å². The minimum absolute atomic E-state index is 0.728. The summed E-state index contributed by atoms with van der Waals surface area (Å²) in [6.45, 7) is 2.42. The van der Waals surface area contributed by atoms with E-state index in [9.17, 15) is 0 Å². The van der Waals surface area contributed by atoms with Crippen LogP contribution in [-0.4, -0.2) is 30.5 Å². The van der Waals surface area contributed by atoms with Gasteiger partial charge in [0.05, 0.1) is 6.61 Å². The van der Waals surface area contributed by atoms with Gasteiger partial charge in [0, 0.05) is 25.1 Å². The van der Waals surface area contributed by atoms with Crippen molar-refractivity contribution in [3.05, 3.63) is 35.3 Å². The Morgan fingerprint density at radius 3 is 3.06 bits per heavy atom. The van der Waals surface area contributed by atoms with Crippen molar-refractivity contribution in [3.63, 3.8) is 0 Å². The minimum Gasteiger partial charge on any atom is -0.383 e. The molecule has 1 N–H and O–H groups in total. The molecule has 2 aromatic rings. The van der Waals surface area contributed by atoms with Crippen LogP contribution in [0.25, 0.3) is 0 Å². The fraction of sp³-hybridized carbons (Fsp3) is 0.333. The zero-order chi connectivity index (χ0) is 12.6. The largest absolute Gasteiger partial charge is 0.383 e. The van der Waals surface area contributed by atoms with Gasteiger partial charge in [-0.2, -0.15) is 0 Å². The second kappa shape index (κ2) is 7.48. The Kier molecular flexibility index (Phi) is 5.60. The number of hydrogen-bond donors (Lipinski definition) is 1. The molecule has 0 atom stereocenters. The Morgan fingerprint density at radius 2 is 2.28 bits per heavy atom. The first-order chi connectivity index (χ1) is 8.90. The van der Waals surface area contributed by atoms with Gasteiger partial charge in [0.1, 0.15) is 5.51 Å². The van der Waals surface area contributed by atoms with Crippen LogP contribution in [0, 0.1) is 0 Å². The molecule has 1 heterocycles. The summed E-state index contributed by atoms with van der Waals surface area (Å²) in [5.74, 6) is 0. The van der Waals surface area contributed by atoms with Crippen LogP contribution >= 0.6 is 23.1 Å². The number of benzene rings is 1. The highest BCUT2D eigenvalue weighted by molar-refractivity contribution is 8.01. The van der Waals surface area contributed by atoms with E-state index in [1.54, 1.807) is 35.7 Å². The van der Waals surface area contributed by atoms with E-state index in [1.807, 2.05) is 6.07 Å². The van der Waals surface area contributed by atoms with Crippen LogP contribution in [0.2, 0.25) is 0 Å². The maximum absolute atomic E-state index is 5.01. The van der Waals surface area contributed by atoms with Gasteiger partial charge in [-0.25, -0.2) is 0 Å². The van der Waals surface area contributed by atoms with E-state index in [-0.39, 0.29) is 0 Å². The summed E-state index contributed by atoms with van der Waals surface area (Å²) in [5.41, 5.74) is 3.02. The molecule has 0 radical (unpaired) electrons. The molecule has 0 saturated heterocycles. The van der Waals surface area contributed by atoms with E-state index in [0.717, 1.165) is 24.0 Å². The maximum Gasteiger partial charge on any atom is 0.178 e. The highest BCUT2D eigenvalue weighted by Crippen LogP contribution is 2.30. The van der Waals surface area contributed by atoms with E-state index in [1.165, 1.54) is 10.5 Å². The predicted molar refractivity (Wildman–Crippen MR) is 74.1 cm³/mol. The van der Waals surface area contributed by atoms with Gasteiger partial charge in [-0.3, -0.25) is 0 Å². The first kappa shape index (κ1) is 13.5. The summed E-state index contributed by atoms with van der Waals surface area (Å²) in [5, 5.41) is 11.3. The first-order valence-electron chi connectivity index (χ1n) is 5.61. The van der Waals surface area contributed by atoms with E-state index in [4.69, 9.17) is 4.74 Å². The lowest BCUT2D eigenvalue weighted by Crippen LogP contribution is -2.18. The maximum atomic E-state index is 5.01. The summed E-state index contributed by atoms with van der Waals surface area (Å²) in [6, 6.07) is 8.34. The molecule has 18 heavy (non-hydrogen) atoms. The first-order valence-corrected chi connectivity index (χ1v) is 7.31. The van der Waals surface area contributed by atoms with Crippen LogP contribution < -0.4 is 5.32 Å². The molecule has 0 bridgehead atoms. The molecule has 0 aliphatic rings. The zero-order valence-corrected chi connectivity index (χ0v) is 11.8. The Morgan fingerprint density at radius 1 is 1.39 bits per heavy atom. The average Bonchev–Trinajstić information content (AvgIpc) is 2.89. The zero-order valence-electron chi connectivity index (χ0n) is 10.1. The van der Waals surface area contributed by atoms with Crippen LogP contribution in [0.4, 0.5) is 0 Å². The number of methoxy groups -OCH3 is 1. The van der Waals surface area contributed by atoms with Crippen LogP contribution in [0.5, 0.6) is 0 Å². The van der Waals surface area contributed by atoms with Gasteiger partial charge in [0.2, 0.25) is 0 Å². The van der Waals surface area contributed by atoms with Gasteiger partial charge in [0.25, 0.3) is 0 Å². The summed E-state index contributed by atoms with van der Waals surface area (Å²) in [7, 11) is 1.71. The van der Waals surface area contributed by atoms with Gasteiger partial charge < -0.3 is 10.1 Å². The minimum atomic E-state index is 0.728. The van der Waals surface area contributed by atoms with Crippen LogP contribution in [0.1, 0.15) is 5.56 Å².